The van der Waals surface area contributed by atoms with E-state index in [4.69, 9.17) is 4.74 Å². The van der Waals surface area contributed by atoms with Gasteiger partial charge in [0.05, 0.1) is 24.6 Å². The van der Waals surface area contributed by atoms with Gasteiger partial charge in [-0.3, -0.25) is 0 Å². The lowest BCUT2D eigenvalue weighted by atomic mass is 10.1. The molecular weight excluding hydrogens is 360 g/mol. The zero-order chi connectivity index (χ0) is 18.8. The van der Waals surface area contributed by atoms with Gasteiger partial charge in [0.15, 0.2) is 0 Å². The summed E-state index contributed by atoms with van der Waals surface area (Å²) in [6, 6.07) is 17.5. The highest BCUT2D eigenvalue weighted by Gasteiger charge is 2.13. The Bertz CT molecular complexity index is 1040. The molecule has 0 atom stereocenters. The average Bonchev–Trinajstić information content (AvgIpc) is 3.28. The van der Waals surface area contributed by atoms with Crippen LogP contribution in [0.15, 0.2) is 60.8 Å². The average molecular weight is 378 g/mol. The molecule has 2 heterocycles. The van der Waals surface area contributed by atoms with E-state index in [0.717, 1.165) is 26.9 Å². The lowest BCUT2D eigenvalue weighted by Gasteiger charge is -2.15. The predicted octanol–water partition coefficient (Wildman–Crippen LogP) is 3.88. The number of benzene rings is 2. The number of carbonyl (C=O) groups excluding carboxylic acids is 1. The summed E-state index contributed by atoms with van der Waals surface area (Å²) in [5, 5.41) is 5.52. The van der Waals surface area contributed by atoms with Gasteiger partial charge in [-0.25, -0.2) is 14.3 Å². The van der Waals surface area contributed by atoms with E-state index in [1.165, 1.54) is 7.11 Å². The standard InChI is InChI=1S/C20H18N4O2S/c1-23(12-14-8-10-16(11-9-14)18(25)26-2)20-22-24-13-17(21-19(24)27-20)15-6-4-3-5-7-15/h3-11,13H,12H2,1-2H3. The number of ether oxygens (including phenoxy) is 1. The third kappa shape index (κ3) is 3.54. The minimum atomic E-state index is -0.328. The Hall–Kier alpha value is -3.19. The second-order valence-corrected chi connectivity index (χ2v) is 7.08. The number of esters is 1. The molecule has 0 spiro atoms. The van der Waals surface area contributed by atoms with Gasteiger partial charge in [0.1, 0.15) is 0 Å². The Balaban J connectivity index is 1.50. The van der Waals surface area contributed by atoms with Crippen molar-refractivity contribution >= 4 is 27.4 Å². The van der Waals surface area contributed by atoms with Crippen LogP contribution in [-0.4, -0.2) is 34.7 Å². The second kappa shape index (κ2) is 7.20. The molecular formula is C20H18N4O2S. The summed E-state index contributed by atoms with van der Waals surface area (Å²) in [6.07, 6.45) is 1.95. The number of anilines is 1. The lowest BCUT2D eigenvalue weighted by Crippen LogP contribution is -2.16. The van der Waals surface area contributed by atoms with E-state index in [1.807, 2.05) is 60.2 Å². The number of carbonyl (C=O) groups is 1. The Morgan fingerprint density at radius 1 is 1.15 bits per heavy atom. The fourth-order valence-electron chi connectivity index (χ4n) is 2.80. The van der Waals surface area contributed by atoms with Crippen LogP contribution in [0.3, 0.4) is 0 Å². The number of imidazole rings is 1. The SMILES string of the molecule is COC(=O)c1ccc(CN(C)c2nn3cc(-c4ccccc4)nc3s2)cc1. The smallest absolute Gasteiger partial charge is 0.337 e. The molecule has 136 valence electrons. The molecule has 0 radical (unpaired) electrons. The molecule has 0 amide bonds. The Morgan fingerprint density at radius 2 is 1.89 bits per heavy atom. The zero-order valence-electron chi connectivity index (χ0n) is 15.0. The highest BCUT2D eigenvalue weighted by Crippen LogP contribution is 2.26. The number of rotatable bonds is 5. The molecule has 0 aliphatic rings. The molecule has 0 saturated carbocycles. The van der Waals surface area contributed by atoms with Crippen molar-refractivity contribution in [3.63, 3.8) is 0 Å². The van der Waals surface area contributed by atoms with Crippen LogP contribution in [0.4, 0.5) is 5.13 Å². The maximum absolute atomic E-state index is 11.5. The summed E-state index contributed by atoms with van der Waals surface area (Å²) < 4.78 is 6.54. The molecule has 27 heavy (non-hydrogen) atoms. The van der Waals surface area contributed by atoms with Crippen LogP contribution in [0.25, 0.3) is 16.2 Å². The maximum Gasteiger partial charge on any atom is 0.337 e. The highest BCUT2D eigenvalue weighted by atomic mass is 32.1. The molecule has 0 aliphatic carbocycles. The van der Waals surface area contributed by atoms with Gasteiger partial charge in [-0.1, -0.05) is 53.8 Å². The van der Waals surface area contributed by atoms with E-state index in [2.05, 4.69) is 15.0 Å². The molecule has 2 aromatic heterocycles. The van der Waals surface area contributed by atoms with Crippen molar-refractivity contribution in [2.75, 3.05) is 19.1 Å². The molecule has 0 N–H and O–H groups in total. The molecule has 0 bridgehead atoms. The number of hydrogen-bond donors (Lipinski definition) is 0. The van der Waals surface area contributed by atoms with Gasteiger partial charge in [-0.2, -0.15) is 0 Å². The molecule has 4 aromatic rings. The number of aromatic nitrogens is 3. The summed E-state index contributed by atoms with van der Waals surface area (Å²) in [4.78, 5) is 19.1. The van der Waals surface area contributed by atoms with Crippen LogP contribution < -0.4 is 4.90 Å². The fraction of sp³-hybridized carbons (Fsp3) is 0.150. The van der Waals surface area contributed by atoms with Crippen molar-refractivity contribution in [2.45, 2.75) is 6.54 Å². The first-order valence-corrected chi connectivity index (χ1v) is 9.26. The number of hydrogen-bond acceptors (Lipinski definition) is 6. The van der Waals surface area contributed by atoms with Gasteiger partial charge in [-0.15, -0.1) is 5.10 Å². The van der Waals surface area contributed by atoms with Crippen LogP contribution in [0, 0.1) is 0 Å². The van der Waals surface area contributed by atoms with Crippen molar-refractivity contribution in [3.8, 4) is 11.3 Å². The third-order valence-corrected chi connectivity index (χ3v) is 5.26. The summed E-state index contributed by atoms with van der Waals surface area (Å²) in [6.45, 7) is 0.684. The van der Waals surface area contributed by atoms with Crippen molar-refractivity contribution in [3.05, 3.63) is 71.9 Å². The Morgan fingerprint density at radius 3 is 2.56 bits per heavy atom. The Kier molecular flexibility index (Phi) is 4.60. The summed E-state index contributed by atoms with van der Waals surface area (Å²) in [7, 11) is 3.37. The van der Waals surface area contributed by atoms with Gasteiger partial charge in [0, 0.05) is 19.2 Å². The lowest BCUT2D eigenvalue weighted by molar-refractivity contribution is 0.0600. The summed E-state index contributed by atoms with van der Waals surface area (Å²) >= 11 is 1.54. The van der Waals surface area contributed by atoms with Crippen LogP contribution in [0.5, 0.6) is 0 Å². The van der Waals surface area contributed by atoms with Crippen molar-refractivity contribution < 1.29 is 9.53 Å². The highest BCUT2D eigenvalue weighted by molar-refractivity contribution is 7.20. The van der Waals surface area contributed by atoms with E-state index in [-0.39, 0.29) is 5.97 Å². The molecule has 2 aromatic carbocycles. The van der Waals surface area contributed by atoms with E-state index in [1.54, 1.807) is 23.5 Å². The van der Waals surface area contributed by atoms with Gasteiger partial charge >= 0.3 is 5.97 Å². The normalized spacial score (nSPS) is 10.9. The molecule has 0 aliphatic heterocycles. The summed E-state index contributed by atoms with van der Waals surface area (Å²) in [5.41, 5.74) is 3.63. The first-order valence-electron chi connectivity index (χ1n) is 8.44. The van der Waals surface area contributed by atoms with Crippen molar-refractivity contribution in [1.29, 1.82) is 0 Å². The monoisotopic (exact) mass is 378 g/mol. The topological polar surface area (TPSA) is 59.7 Å². The quantitative estimate of drug-likeness (QED) is 0.493. The first-order chi connectivity index (χ1) is 13.1. The number of methoxy groups -OCH3 is 1. The first kappa shape index (κ1) is 17.2. The molecule has 0 unspecified atom stereocenters. The van der Waals surface area contributed by atoms with Gasteiger partial charge < -0.3 is 9.64 Å². The molecule has 0 saturated heterocycles. The van der Waals surface area contributed by atoms with E-state index in [9.17, 15) is 4.79 Å². The molecule has 0 fully saturated rings. The predicted molar refractivity (Wildman–Crippen MR) is 106 cm³/mol. The van der Waals surface area contributed by atoms with Crippen LogP contribution >= 0.6 is 11.3 Å². The summed E-state index contributed by atoms with van der Waals surface area (Å²) in [5.74, 6) is -0.328. The Labute approximate surface area is 160 Å². The van der Waals surface area contributed by atoms with E-state index < -0.39 is 0 Å². The minimum Gasteiger partial charge on any atom is -0.465 e. The van der Waals surface area contributed by atoms with Crippen molar-refractivity contribution in [2.24, 2.45) is 0 Å². The van der Waals surface area contributed by atoms with Crippen LogP contribution in [0.1, 0.15) is 15.9 Å². The number of nitrogens with zero attached hydrogens (tertiary/aromatic N) is 4. The van der Waals surface area contributed by atoms with Gasteiger partial charge in [-0.05, 0) is 17.7 Å². The fourth-order valence-corrected chi connectivity index (χ4v) is 3.64. The molecule has 6 nitrogen and oxygen atoms in total. The number of fused-ring (bicyclic) bond motifs is 1. The molecule has 7 heteroatoms. The third-order valence-electron chi connectivity index (χ3n) is 4.22. The zero-order valence-corrected chi connectivity index (χ0v) is 15.8. The largest absolute Gasteiger partial charge is 0.465 e. The maximum atomic E-state index is 11.5. The van der Waals surface area contributed by atoms with E-state index >= 15 is 0 Å². The molecule has 4 rings (SSSR count). The van der Waals surface area contributed by atoms with E-state index in [0.29, 0.717) is 12.1 Å². The second-order valence-electron chi connectivity index (χ2n) is 6.15. The van der Waals surface area contributed by atoms with Crippen molar-refractivity contribution in [1.82, 2.24) is 14.6 Å². The van der Waals surface area contributed by atoms with Gasteiger partial charge in [0.2, 0.25) is 10.1 Å². The minimum absolute atomic E-state index is 0.328. The van der Waals surface area contributed by atoms with Gasteiger partial charge in [0.25, 0.3) is 0 Å². The van der Waals surface area contributed by atoms with Crippen LogP contribution in [0.2, 0.25) is 0 Å². The van der Waals surface area contributed by atoms with Crippen LogP contribution in [-0.2, 0) is 11.3 Å².